The highest BCUT2D eigenvalue weighted by atomic mass is 32.1. The van der Waals surface area contributed by atoms with Gasteiger partial charge >= 0.3 is 0 Å². The predicted octanol–water partition coefficient (Wildman–Crippen LogP) is 2.60. The van der Waals surface area contributed by atoms with E-state index in [9.17, 15) is 4.39 Å². The highest BCUT2D eigenvalue weighted by molar-refractivity contribution is 7.07. The van der Waals surface area contributed by atoms with Crippen molar-refractivity contribution >= 4 is 11.3 Å². The first-order chi connectivity index (χ1) is 9.79. The standard InChI is InChI=1S/C15H18FN3S/c16-14-3-1-2-13(8-14)9-18-4-6-19(7-5-18)10-15-11-20-12-17-15/h1-3,8,11-12H,4-7,9-10H2. The fraction of sp³-hybridized carbons (Fsp3) is 0.400. The largest absolute Gasteiger partial charge is 0.297 e. The molecule has 1 aliphatic heterocycles. The Balaban J connectivity index is 1.48. The molecule has 1 aromatic carbocycles. The van der Waals surface area contributed by atoms with Crippen LogP contribution in [0.4, 0.5) is 4.39 Å². The molecule has 1 saturated heterocycles. The monoisotopic (exact) mass is 291 g/mol. The highest BCUT2D eigenvalue weighted by Gasteiger charge is 2.17. The van der Waals surface area contributed by atoms with Gasteiger partial charge in [0.25, 0.3) is 0 Å². The fourth-order valence-electron chi connectivity index (χ4n) is 2.54. The molecule has 2 heterocycles. The predicted molar refractivity (Wildman–Crippen MR) is 79.1 cm³/mol. The number of hydrogen-bond acceptors (Lipinski definition) is 4. The van der Waals surface area contributed by atoms with Crippen LogP contribution in [-0.4, -0.2) is 41.0 Å². The number of piperazine rings is 1. The summed E-state index contributed by atoms with van der Waals surface area (Å²) in [5, 5.41) is 2.11. The Labute approximate surface area is 122 Å². The van der Waals surface area contributed by atoms with Crippen LogP contribution in [0.2, 0.25) is 0 Å². The van der Waals surface area contributed by atoms with Crippen LogP contribution in [0.5, 0.6) is 0 Å². The highest BCUT2D eigenvalue weighted by Crippen LogP contribution is 2.12. The number of aromatic nitrogens is 1. The zero-order valence-electron chi connectivity index (χ0n) is 11.3. The molecule has 20 heavy (non-hydrogen) atoms. The van der Waals surface area contributed by atoms with Crippen molar-refractivity contribution in [3.8, 4) is 0 Å². The minimum Gasteiger partial charge on any atom is -0.297 e. The molecule has 0 bridgehead atoms. The Morgan fingerprint density at radius 1 is 1.10 bits per heavy atom. The molecule has 0 unspecified atom stereocenters. The summed E-state index contributed by atoms with van der Waals surface area (Å²) in [6.45, 7) is 5.93. The van der Waals surface area contributed by atoms with Gasteiger partial charge in [-0.05, 0) is 17.7 Å². The summed E-state index contributed by atoms with van der Waals surface area (Å²) in [6, 6.07) is 6.89. The number of thiazole rings is 1. The van der Waals surface area contributed by atoms with Crippen LogP contribution < -0.4 is 0 Å². The molecule has 0 N–H and O–H groups in total. The summed E-state index contributed by atoms with van der Waals surface area (Å²) in [5.74, 6) is -0.148. The van der Waals surface area contributed by atoms with Gasteiger partial charge in [0.05, 0.1) is 11.2 Å². The van der Waals surface area contributed by atoms with Crippen molar-refractivity contribution in [3.63, 3.8) is 0 Å². The van der Waals surface area contributed by atoms with E-state index in [1.165, 1.54) is 6.07 Å². The topological polar surface area (TPSA) is 19.4 Å². The van der Waals surface area contributed by atoms with Crippen molar-refractivity contribution in [2.24, 2.45) is 0 Å². The van der Waals surface area contributed by atoms with Crippen molar-refractivity contribution in [1.29, 1.82) is 0 Å². The summed E-state index contributed by atoms with van der Waals surface area (Å²) in [7, 11) is 0. The molecule has 0 radical (unpaired) electrons. The Morgan fingerprint density at radius 3 is 2.50 bits per heavy atom. The van der Waals surface area contributed by atoms with E-state index in [1.54, 1.807) is 23.5 Å². The molecule has 3 nitrogen and oxygen atoms in total. The average Bonchev–Trinajstić information content (AvgIpc) is 2.94. The van der Waals surface area contributed by atoms with Gasteiger partial charge in [-0.3, -0.25) is 9.80 Å². The second-order valence-corrected chi connectivity index (χ2v) is 5.88. The third-order valence-electron chi connectivity index (χ3n) is 3.63. The molecular weight excluding hydrogens is 273 g/mol. The smallest absolute Gasteiger partial charge is 0.123 e. The van der Waals surface area contributed by atoms with Crippen LogP contribution in [0.25, 0.3) is 0 Å². The van der Waals surface area contributed by atoms with Crippen molar-refractivity contribution < 1.29 is 4.39 Å². The third kappa shape index (κ3) is 3.62. The number of benzene rings is 1. The molecule has 0 amide bonds. The number of rotatable bonds is 4. The molecular formula is C15H18FN3S. The van der Waals surface area contributed by atoms with Crippen molar-refractivity contribution in [2.75, 3.05) is 26.2 Å². The summed E-state index contributed by atoms with van der Waals surface area (Å²) in [6.07, 6.45) is 0. The molecule has 1 fully saturated rings. The lowest BCUT2D eigenvalue weighted by atomic mass is 10.2. The molecule has 5 heteroatoms. The van der Waals surface area contributed by atoms with Crippen LogP contribution in [0.3, 0.4) is 0 Å². The van der Waals surface area contributed by atoms with Crippen molar-refractivity contribution in [1.82, 2.24) is 14.8 Å². The van der Waals surface area contributed by atoms with E-state index >= 15 is 0 Å². The lowest BCUT2D eigenvalue weighted by Gasteiger charge is -2.34. The zero-order valence-corrected chi connectivity index (χ0v) is 12.2. The van der Waals surface area contributed by atoms with Gasteiger partial charge in [-0.25, -0.2) is 9.37 Å². The first kappa shape index (κ1) is 13.7. The van der Waals surface area contributed by atoms with E-state index < -0.39 is 0 Å². The first-order valence-corrected chi connectivity index (χ1v) is 7.80. The molecule has 0 spiro atoms. The molecule has 3 rings (SSSR count). The summed E-state index contributed by atoms with van der Waals surface area (Å²) < 4.78 is 13.2. The zero-order chi connectivity index (χ0) is 13.8. The van der Waals surface area contributed by atoms with Gasteiger partial charge in [-0.1, -0.05) is 12.1 Å². The van der Waals surface area contributed by atoms with Crippen LogP contribution in [0.15, 0.2) is 35.2 Å². The lowest BCUT2D eigenvalue weighted by molar-refractivity contribution is 0.121. The molecule has 0 atom stereocenters. The number of hydrogen-bond donors (Lipinski definition) is 0. The van der Waals surface area contributed by atoms with Gasteiger partial charge in [-0.15, -0.1) is 11.3 Å². The van der Waals surface area contributed by atoms with Crippen LogP contribution in [-0.2, 0) is 13.1 Å². The van der Waals surface area contributed by atoms with E-state index in [1.807, 2.05) is 11.6 Å². The quantitative estimate of drug-likeness (QED) is 0.863. The first-order valence-electron chi connectivity index (χ1n) is 6.86. The second-order valence-electron chi connectivity index (χ2n) is 5.16. The van der Waals surface area contributed by atoms with E-state index in [2.05, 4.69) is 20.2 Å². The van der Waals surface area contributed by atoms with Crippen LogP contribution in [0, 0.1) is 5.82 Å². The minimum absolute atomic E-state index is 0.148. The maximum Gasteiger partial charge on any atom is 0.123 e. The van der Waals surface area contributed by atoms with Crippen LogP contribution in [0.1, 0.15) is 11.3 Å². The van der Waals surface area contributed by atoms with Crippen molar-refractivity contribution in [2.45, 2.75) is 13.1 Å². The molecule has 2 aromatic rings. The van der Waals surface area contributed by atoms with Gasteiger partial charge < -0.3 is 0 Å². The average molecular weight is 291 g/mol. The van der Waals surface area contributed by atoms with Gasteiger partial charge in [0.2, 0.25) is 0 Å². The molecule has 1 aromatic heterocycles. The van der Waals surface area contributed by atoms with E-state index in [-0.39, 0.29) is 5.82 Å². The normalized spacial score (nSPS) is 17.4. The maximum absolute atomic E-state index is 13.2. The Bertz CT molecular complexity index is 536. The van der Waals surface area contributed by atoms with E-state index in [4.69, 9.17) is 0 Å². The SMILES string of the molecule is Fc1cccc(CN2CCN(Cc3cscn3)CC2)c1. The Hall–Kier alpha value is -1.30. The minimum atomic E-state index is -0.148. The Kier molecular flexibility index (Phi) is 4.40. The van der Waals surface area contributed by atoms with Gasteiger partial charge in [0.1, 0.15) is 5.82 Å². The van der Waals surface area contributed by atoms with Gasteiger partial charge in [0.15, 0.2) is 0 Å². The number of nitrogens with zero attached hydrogens (tertiary/aromatic N) is 3. The maximum atomic E-state index is 13.2. The summed E-state index contributed by atoms with van der Waals surface area (Å²) in [5.41, 5.74) is 4.10. The second kappa shape index (κ2) is 6.43. The lowest BCUT2D eigenvalue weighted by Crippen LogP contribution is -2.45. The molecule has 0 saturated carbocycles. The molecule has 1 aliphatic rings. The van der Waals surface area contributed by atoms with E-state index in [0.29, 0.717) is 0 Å². The van der Waals surface area contributed by atoms with Gasteiger partial charge in [-0.2, -0.15) is 0 Å². The van der Waals surface area contributed by atoms with Crippen molar-refractivity contribution in [3.05, 3.63) is 52.2 Å². The third-order valence-corrected chi connectivity index (χ3v) is 4.26. The van der Waals surface area contributed by atoms with E-state index in [0.717, 1.165) is 50.5 Å². The number of halogens is 1. The fourth-order valence-corrected chi connectivity index (χ4v) is 3.09. The molecule has 106 valence electrons. The molecule has 0 aliphatic carbocycles. The van der Waals surface area contributed by atoms with Gasteiger partial charge in [0, 0.05) is 44.6 Å². The summed E-state index contributed by atoms with van der Waals surface area (Å²) >= 11 is 1.65. The summed E-state index contributed by atoms with van der Waals surface area (Å²) in [4.78, 5) is 9.14. The van der Waals surface area contributed by atoms with Crippen LogP contribution >= 0.6 is 11.3 Å². The Morgan fingerprint density at radius 2 is 1.85 bits per heavy atom.